The summed E-state index contributed by atoms with van der Waals surface area (Å²) in [5.74, 6) is 1.14. The fourth-order valence-corrected chi connectivity index (χ4v) is 7.05. The lowest BCUT2D eigenvalue weighted by Gasteiger charge is -2.52. The molecule has 1 aromatic carbocycles. The number of cyclic esters (lactones) is 1. The number of hydrogen-bond donors (Lipinski definition) is 1. The Morgan fingerprint density at radius 3 is 2.65 bits per heavy atom. The van der Waals surface area contributed by atoms with E-state index in [-0.39, 0.29) is 24.4 Å². The van der Waals surface area contributed by atoms with Gasteiger partial charge in [-0.1, -0.05) is 13.8 Å². The van der Waals surface area contributed by atoms with Gasteiger partial charge in [0.1, 0.15) is 12.4 Å². The van der Waals surface area contributed by atoms with Crippen molar-refractivity contribution in [3.05, 3.63) is 62.2 Å². The van der Waals surface area contributed by atoms with Gasteiger partial charge in [0.05, 0.1) is 29.0 Å². The molecule has 1 N–H and O–H groups in total. The summed E-state index contributed by atoms with van der Waals surface area (Å²) in [6.07, 6.45) is 1.38. The van der Waals surface area contributed by atoms with Crippen LogP contribution in [0.5, 0.6) is 0 Å². The van der Waals surface area contributed by atoms with Crippen LogP contribution in [0.1, 0.15) is 54.5 Å². The number of rotatable bonds is 3. The Balaban J connectivity index is 1.42. The highest BCUT2D eigenvalue weighted by atomic mass is 19.1. The number of carbonyl (C=O) groups excluding carboxylic acids is 1. The number of aryl methyl sites for hydroxylation is 1. The normalized spacial score (nSPS) is 27.9. The molecule has 3 aromatic rings. The van der Waals surface area contributed by atoms with Crippen molar-refractivity contribution in [3.8, 4) is 11.4 Å². The predicted octanol–water partition coefficient (Wildman–Crippen LogP) is 3.61. The zero-order valence-electron chi connectivity index (χ0n) is 21.3. The quantitative estimate of drug-likeness (QED) is 0.430. The number of hydrogen-bond acceptors (Lipinski definition) is 6. The molecule has 8 rings (SSSR count). The first-order chi connectivity index (χ1) is 17.7. The molecular weight excluding hydrogens is 473 g/mol. The third-order valence-corrected chi connectivity index (χ3v) is 9.55. The molecule has 37 heavy (non-hydrogen) atoms. The molecule has 6 heterocycles. The summed E-state index contributed by atoms with van der Waals surface area (Å²) >= 11 is 0. The highest BCUT2D eigenvalue weighted by molar-refractivity contribution is 5.89. The molecule has 1 aliphatic carbocycles. The lowest BCUT2D eigenvalue weighted by atomic mass is 9.62. The molecule has 7 nitrogen and oxygen atoms in total. The highest BCUT2D eigenvalue weighted by Crippen LogP contribution is 2.46. The van der Waals surface area contributed by atoms with Crippen molar-refractivity contribution in [2.75, 3.05) is 13.1 Å². The fourth-order valence-electron chi connectivity index (χ4n) is 7.05. The van der Waals surface area contributed by atoms with Crippen molar-refractivity contribution in [3.63, 3.8) is 0 Å². The monoisotopic (exact) mass is 503 g/mol. The molecule has 2 unspecified atom stereocenters. The van der Waals surface area contributed by atoms with Crippen LogP contribution in [-0.2, 0) is 34.8 Å². The van der Waals surface area contributed by atoms with Crippen LogP contribution in [0, 0.1) is 30.5 Å². The molecular formula is C29H30FN3O4. The second-order valence-corrected chi connectivity index (χ2v) is 11.4. The van der Waals surface area contributed by atoms with Crippen LogP contribution in [0.3, 0.4) is 0 Å². The van der Waals surface area contributed by atoms with Gasteiger partial charge in [-0.15, -0.1) is 0 Å². The maximum atomic E-state index is 14.7. The summed E-state index contributed by atoms with van der Waals surface area (Å²) in [5.41, 5.74) is 2.77. The van der Waals surface area contributed by atoms with E-state index in [2.05, 4.69) is 11.8 Å². The first-order valence-electron chi connectivity index (χ1n) is 13.2. The molecule has 2 aromatic heterocycles. The number of piperidine rings is 2. The van der Waals surface area contributed by atoms with E-state index in [0.29, 0.717) is 40.1 Å². The molecule has 2 bridgehead atoms. The number of nitrogens with zero attached hydrogens (tertiary/aromatic N) is 3. The number of carbonyl (C=O) groups is 1. The molecule has 5 aliphatic rings. The van der Waals surface area contributed by atoms with E-state index in [1.54, 1.807) is 24.5 Å². The first-order valence-corrected chi connectivity index (χ1v) is 13.2. The Morgan fingerprint density at radius 1 is 1.19 bits per heavy atom. The van der Waals surface area contributed by atoms with Crippen LogP contribution in [-0.4, -0.2) is 38.6 Å². The fraction of sp³-hybridized carbons (Fsp3) is 0.483. The molecule has 3 atom stereocenters. The lowest BCUT2D eigenvalue weighted by Crippen LogP contribution is -2.53. The molecule has 0 amide bonds. The van der Waals surface area contributed by atoms with Gasteiger partial charge in [0.25, 0.3) is 5.56 Å². The SMILES string of the molecule is CC[C@@]1(O)C(=O)OCc2c1cc1n(c2=O)Cc2c-1nc1cc(F)c(C)cc1c2CN1CC2CC(C1)C2C. The lowest BCUT2D eigenvalue weighted by molar-refractivity contribution is -0.172. The number of benzene rings is 1. The van der Waals surface area contributed by atoms with Gasteiger partial charge in [-0.05, 0) is 60.8 Å². The van der Waals surface area contributed by atoms with Crippen LogP contribution in [0.25, 0.3) is 22.3 Å². The summed E-state index contributed by atoms with van der Waals surface area (Å²) in [6.45, 7) is 8.79. The second-order valence-electron chi connectivity index (χ2n) is 11.4. The average molecular weight is 504 g/mol. The van der Waals surface area contributed by atoms with Crippen LogP contribution in [0.15, 0.2) is 23.0 Å². The number of esters is 1. The zero-order chi connectivity index (χ0) is 25.8. The van der Waals surface area contributed by atoms with Gasteiger partial charge >= 0.3 is 5.97 Å². The van der Waals surface area contributed by atoms with Gasteiger partial charge in [-0.3, -0.25) is 9.69 Å². The van der Waals surface area contributed by atoms with Gasteiger partial charge in [0, 0.05) is 42.2 Å². The Hall–Kier alpha value is -3.10. The van der Waals surface area contributed by atoms with Gasteiger partial charge < -0.3 is 14.4 Å². The number of aromatic nitrogens is 2. The number of halogens is 1. The van der Waals surface area contributed by atoms with Crippen LogP contribution >= 0.6 is 0 Å². The molecule has 1 saturated carbocycles. The Morgan fingerprint density at radius 2 is 1.95 bits per heavy atom. The van der Waals surface area contributed by atoms with E-state index in [1.807, 2.05) is 6.07 Å². The smallest absolute Gasteiger partial charge is 0.343 e. The summed E-state index contributed by atoms with van der Waals surface area (Å²) in [4.78, 5) is 33.5. The van der Waals surface area contributed by atoms with E-state index in [1.165, 1.54) is 12.5 Å². The highest BCUT2D eigenvalue weighted by Gasteiger charge is 2.46. The molecule has 4 aliphatic heterocycles. The zero-order valence-corrected chi connectivity index (χ0v) is 21.3. The molecule has 2 saturated heterocycles. The maximum Gasteiger partial charge on any atom is 0.343 e. The molecule has 192 valence electrons. The van der Waals surface area contributed by atoms with Gasteiger partial charge in [-0.2, -0.15) is 0 Å². The third kappa shape index (κ3) is 3.09. The van der Waals surface area contributed by atoms with Gasteiger partial charge in [0.15, 0.2) is 5.60 Å². The van der Waals surface area contributed by atoms with Crippen LogP contribution < -0.4 is 5.56 Å². The Bertz CT molecular complexity index is 1570. The van der Waals surface area contributed by atoms with Crippen molar-refractivity contribution < 1.29 is 19.0 Å². The van der Waals surface area contributed by atoms with Crippen LogP contribution in [0.2, 0.25) is 0 Å². The van der Waals surface area contributed by atoms with E-state index in [4.69, 9.17) is 9.72 Å². The van der Waals surface area contributed by atoms with Crippen molar-refractivity contribution in [2.45, 2.75) is 58.9 Å². The number of aliphatic hydroxyl groups is 1. The minimum Gasteiger partial charge on any atom is -0.458 e. The average Bonchev–Trinajstić information content (AvgIpc) is 3.26. The predicted molar refractivity (Wildman–Crippen MR) is 135 cm³/mol. The minimum atomic E-state index is -1.88. The summed E-state index contributed by atoms with van der Waals surface area (Å²) in [7, 11) is 0. The molecule has 0 spiro atoms. The standard InChI is InChI=1S/C29H30FN3O4/c1-4-29(36)22-7-25-26-20(12-33(25)27(34)21(22)13-37-28(29)35)19(11-32-9-16-6-17(10-32)15(16)3)18-5-14(2)23(30)8-24(18)31-26/h5,7-8,15-17,36H,4,6,9-13H2,1-3H3/t15?,16?,17?,29-/m0/s1. The molecule has 8 heteroatoms. The van der Waals surface area contributed by atoms with Crippen molar-refractivity contribution in [2.24, 2.45) is 17.8 Å². The topological polar surface area (TPSA) is 84.7 Å². The third-order valence-electron chi connectivity index (χ3n) is 9.55. The van der Waals surface area contributed by atoms with Crippen LogP contribution in [0.4, 0.5) is 4.39 Å². The van der Waals surface area contributed by atoms with E-state index >= 15 is 0 Å². The maximum absolute atomic E-state index is 14.7. The van der Waals surface area contributed by atoms with E-state index in [9.17, 15) is 19.1 Å². The molecule has 3 fully saturated rings. The van der Waals surface area contributed by atoms with Crippen molar-refractivity contribution >= 4 is 16.9 Å². The summed E-state index contributed by atoms with van der Waals surface area (Å²) in [6, 6.07) is 5.07. The van der Waals surface area contributed by atoms with Crippen molar-refractivity contribution in [1.29, 1.82) is 0 Å². The van der Waals surface area contributed by atoms with E-state index in [0.717, 1.165) is 53.9 Å². The van der Waals surface area contributed by atoms with E-state index < -0.39 is 11.6 Å². The Labute approximate surface area is 213 Å². The Kier molecular flexibility index (Phi) is 4.80. The van der Waals surface area contributed by atoms with Gasteiger partial charge in [-0.25, -0.2) is 14.2 Å². The number of pyridine rings is 2. The molecule has 0 radical (unpaired) electrons. The van der Waals surface area contributed by atoms with Gasteiger partial charge in [0.2, 0.25) is 0 Å². The largest absolute Gasteiger partial charge is 0.458 e. The second kappa shape index (κ2) is 7.71. The first kappa shape index (κ1) is 23.0. The minimum absolute atomic E-state index is 0.0885. The summed E-state index contributed by atoms with van der Waals surface area (Å²) < 4.78 is 21.5. The number of fused-ring (bicyclic) bond motifs is 7. The summed E-state index contributed by atoms with van der Waals surface area (Å²) in [5, 5.41) is 12.1. The van der Waals surface area contributed by atoms with Crippen molar-refractivity contribution in [1.82, 2.24) is 14.5 Å². The number of ether oxygens (including phenoxy) is 1.